The third-order valence-corrected chi connectivity index (χ3v) is 4.58. The van der Waals surface area contributed by atoms with Gasteiger partial charge in [-0.3, -0.25) is 15.4 Å². The Hall–Kier alpha value is -3.46. The minimum absolute atomic E-state index is 0.159. The van der Waals surface area contributed by atoms with Crippen LogP contribution in [-0.2, 0) is 4.74 Å². The summed E-state index contributed by atoms with van der Waals surface area (Å²) >= 11 is 1.19. The highest BCUT2D eigenvalue weighted by Gasteiger charge is 2.16. The second-order valence-electron chi connectivity index (χ2n) is 7.17. The second-order valence-corrected chi connectivity index (χ2v) is 8.20. The van der Waals surface area contributed by atoms with Crippen molar-refractivity contribution in [2.45, 2.75) is 26.4 Å². The largest absolute Gasteiger partial charge is 0.478 e. The summed E-state index contributed by atoms with van der Waals surface area (Å²) in [5, 5.41) is 14.7. The third-order valence-electron chi connectivity index (χ3n) is 3.65. The SMILES string of the molecule is CC(C)(C)OC(=O)Nc1ccc(C(=O)Nc2nc3ccc(C(=O)O)cc3s2)cc1. The van der Waals surface area contributed by atoms with Gasteiger partial charge in [0.15, 0.2) is 5.13 Å². The number of nitrogens with zero attached hydrogens (tertiary/aromatic N) is 1. The van der Waals surface area contributed by atoms with E-state index in [1.807, 2.05) is 0 Å². The van der Waals surface area contributed by atoms with Gasteiger partial charge < -0.3 is 9.84 Å². The zero-order chi connectivity index (χ0) is 21.2. The molecule has 0 radical (unpaired) electrons. The van der Waals surface area contributed by atoms with Crippen LogP contribution >= 0.6 is 11.3 Å². The Morgan fingerprint density at radius 1 is 1.00 bits per heavy atom. The molecule has 8 nitrogen and oxygen atoms in total. The average molecular weight is 413 g/mol. The first-order valence-electron chi connectivity index (χ1n) is 8.66. The van der Waals surface area contributed by atoms with Crippen molar-refractivity contribution in [3.05, 3.63) is 53.6 Å². The molecule has 2 aromatic carbocycles. The van der Waals surface area contributed by atoms with Crippen molar-refractivity contribution in [1.82, 2.24) is 4.98 Å². The molecule has 0 saturated heterocycles. The van der Waals surface area contributed by atoms with E-state index < -0.39 is 17.7 Å². The fourth-order valence-electron chi connectivity index (χ4n) is 2.41. The highest BCUT2D eigenvalue weighted by atomic mass is 32.1. The van der Waals surface area contributed by atoms with Crippen molar-refractivity contribution < 1.29 is 24.2 Å². The molecule has 0 aliphatic carbocycles. The maximum absolute atomic E-state index is 12.4. The maximum atomic E-state index is 12.4. The van der Waals surface area contributed by atoms with E-state index in [1.54, 1.807) is 51.1 Å². The molecule has 1 heterocycles. The van der Waals surface area contributed by atoms with E-state index in [2.05, 4.69) is 15.6 Å². The van der Waals surface area contributed by atoms with Gasteiger partial charge in [-0.25, -0.2) is 14.6 Å². The molecule has 0 fully saturated rings. The number of thiazole rings is 1. The van der Waals surface area contributed by atoms with Crippen molar-refractivity contribution in [3.8, 4) is 0 Å². The molecular weight excluding hydrogens is 394 g/mol. The number of hydrogen-bond acceptors (Lipinski definition) is 6. The van der Waals surface area contributed by atoms with Gasteiger partial charge in [0.1, 0.15) is 5.60 Å². The molecule has 1 aromatic heterocycles. The van der Waals surface area contributed by atoms with Crippen LogP contribution in [0.1, 0.15) is 41.5 Å². The first-order chi connectivity index (χ1) is 13.6. The number of carbonyl (C=O) groups excluding carboxylic acids is 2. The predicted molar refractivity (Wildman–Crippen MR) is 111 cm³/mol. The lowest BCUT2D eigenvalue weighted by Gasteiger charge is -2.19. The molecule has 0 aliphatic heterocycles. The zero-order valence-electron chi connectivity index (χ0n) is 16.0. The van der Waals surface area contributed by atoms with Crippen LogP contribution in [0.4, 0.5) is 15.6 Å². The molecule has 29 heavy (non-hydrogen) atoms. The number of ether oxygens (including phenoxy) is 1. The van der Waals surface area contributed by atoms with Gasteiger partial charge in [-0.1, -0.05) is 11.3 Å². The summed E-state index contributed by atoms with van der Waals surface area (Å²) in [4.78, 5) is 39.6. The molecule has 2 amide bonds. The number of benzene rings is 2. The number of fused-ring (bicyclic) bond motifs is 1. The number of nitrogens with one attached hydrogen (secondary N) is 2. The highest BCUT2D eigenvalue weighted by molar-refractivity contribution is 7.22. The van der Waals surface area contributed by atoms with Crippen LogP contribution < -0.4 is 10.6 Å². The minimum atomic E-state index is -1.02. The van der Waals surface area contributed by atoms with Gasteiger partial charge in [-0.15, -0.1) is 0 Å². The molecule has 150 valence electrons. The second kappa shape index (κ2) is 7.88. The Kier molecular flexibility index (Phi) is 5.51. The monoisotopic (exact) mass is 413 g/mol. The predicted octanol–water partition coefficient (Wildman–Crippen LogP) is 4.59. The lowest BCUT2D eigenvalue weighted by molar-refractivity contribution is 0.0634. The summed E-state index contributed by atoms with van der Waals surface area (Å²) in [5.41, 5.74) is 1.04. The van der Waals surface area contributed by atoms with E-state index >= 15 is 0 Å². The number of aromatic nitrogens is 1. The fourth-order valence-corrected chi connectivity index (χ4v) is 3.31. The fraction of sp³-hybridized carbons (Fsp3) is 0.200. The lowest BCUT2D eigenvalue weighted by Crippen LogP contribution is -2.27. The normalized spacial score (nSPS) is 11.1. The molecule has 9 heteroatoms. The van der Waals surface area contributed by atoms with Crippen LogP contribution in [-0.4, -0.2) is 33.7 Å². The number of carbonyl (C=O) groups is 3. The van der Waals surface area contributed by atoms with Crippen LogP contribution in [0.15, 0.2) is 42.5 Å². The summed E-state index contributed by atoms with van der Waals surface area (Å²) in [6.07, 6.45) is -0.579. The molecule has 0 spiro atoms. The van der Waals surface area contributed by atoms with E-state index in [1.165, 1.54) is 23.5 Å². The van der Waals surface area contributed by atoms with Crippen molar-refractivity contribution in [2.24, 2.45) is 0 Å². The summed E-state index contributed by atoms with van der Waals surface area (Å²) in [7, 11) is 0. The van der Waals surface area contributed by atoms with E-state index in [0.29, 0.717) is 26.6 Å². The number of carboxylic acids is 1. The zero-order valence-corrected chi connectivity index (χ0v) is 16.8. The molecule has 0 bridgehead atoms. The van der Waals surface area contributed by atoms with Crippen LogP contribution in [0, 0.1) is 0 Å². The Morgan fingerprint density at radius 3 is 2.28 bits per heavy atom. The van der Waals surface area contributed by atoms with Gasteiger partial charge in [0, 0.05) is 11.3 Å². The molecule has 0 aliphatic rings. The molecule has 3 rings (SSSR count). The summed E-state index contributed by atoms with van der Waals surface area (Å²) < 4.78 is 5.84. The quantitative estimate of drug-likeness (QED) is 0.576. The summed E-state index contributed by atoms with van der Waals surface area (Å²) in [5.74, 6) is -1.39. The first kappa shape index (κ1) is 20.3. The Balaban J connectivity index is 1.67. The molecule has 0 atom stereocenters. The number of amides is 2. The number of aromatic carboxylic acids is 1. The summed E-state index contributed by atoms with van der Waals surface area (Å²) in [6, 6.07) is 10.9. The molecule has 3 N–H and O–H groups in total. The average Bonchev–Trinajstić information content (AvgIpc) is 3.01. The molecule has 0 unspecified atom stereocenters. The number of rotatable bonds is 4. The number of anilines is 2. The van der Waals surface area contributed by atoms with Crippen LogP contribution in [0.2, 0.25) is 0 Å². The van der Waals surface area contributed by atoms with E-state index in [4.69, 9.17) is 9.84 Å². The van der Waals surface area contributed by atoms with Crippen LogP contribution in [0.5, 0.6) is 0 Å². The number of carboxylic acid groups (broad SMARTS) is 1. The maximum Gasteiger partial charge on any atom is 0.412 e. The van der Waals surface area contributed by atoms with Gasteiger partial charge in [-0.05, 0) is 63.2 Å². The summed E-state index contributed by atoms with van der Waals surface area (Å²) in [6.45, 7) is 5.31. The van der Waals surface area contributed by atoms with Crippen molar-refractivity contribution >= 4 is 50.3 Å². The van der Waals surface area contributed by atoms with Gasteiger partial charge >= 0.3 is 12.1 Å². The standard InChI is InChI=1S/C20H19N3O5S/c1-20(2,3)28-19(27)21-13-7-4-11(5-8-13)16(24)23-18-22-14-9-6-12(17(25)26)10-15(14)29-18/h4-10H,1-3H3,(H,21,27)(H,25,26)(H,22,23,24). The van der Waals surface area contributed by atoms with Gasteiger partial charge in [0.25, 0.3) is 5.91 Å². The smallest absolute Gasteiger partial charge is 0.412 e. The number of hydrogen-bond donors (Lipinski definition) is 3. The molecule has 3 aromatic rings. The molecular formula is C20H19N3O5S. The Morgan fingerprint density at radius 2 is 1.66 bits per heavy atom. The van der Waals surface area contributed by atoms with Gasteiger partial charge in [-0.2, -0.15) is 0 Å². The minimum Gasteiger partial charge on any atom is -0.478 e. The first-order valence-corrected chi connectivity index (χ1v) is 9.48. The van der Waals surface area contributed by atoms with E-state index in [9.17, 15) is 14.4 Å². The Bertz CT molecular complexity index is 1080. The third kappa shape index (κ3) is 5.29. The van der Waals surface area contributed by atoms with Crippen molar-refractivity contribution in [1.29, 1.82) is 0 Å². The van der Waals surface area contributed by atoms with Crippen molar-refractivity contribution in [3.63, 3.8) is 0 Å². The van der Waals surface area contributed by atoms with Crippen LogP contribution in [0.25, 0.3) is 10.2 Å². The highest BCUT2D eigenvalue weighted by Crippen LogP contribution is 2.27. The van der Waals surface area contributed by atoms with Gasteiger partial charge in [0.05, 0.1) is 15.8 Å². The van der Waals surface area contributed by atoms with Crippen LogP contribution in [0.3, 0.4) is 0 Å². The molecule has 0 saturated carbocycles. The topological polar surface area (TPSA) is 118 Å². The lowest BCUT2D eigenvalue weighted by atomic mass is 10.2. The van der Waals surface area contributed by atoms with E-state index in [0.717, 1.165) is 0 Å². The van der Waals surface area contributed by atoms with Crippen molar-refractivity contribution in [2.75, 3.05) is 10.6 Å². The Labute approximate surface area is 170 Å². The van der Waals surface area contributed by atoms with E-state index in [-0.39, 0.29) is 11.5 Å². The van der Waals surface area contributed by atoms with Gasteiger partial charge in [0.2, 0.25) is 0 Å².